The Morgan fingerprint density at radius 3 is 2.58 bits per heavy atom. The van der Waals surface area contributed by atoms with Crippen molar-refractivity contribution >= 4 is 0 Å². The number of hydrogen-bond donors (Lipinski definition) is 1. The Balaban J connectivity index is 1.70. The molecule has 0 atom stereocenters. The molecule has 0 aromatic carbocycles. The van der Waals surface area contributed by atoms with Crippen LogP contribution in [-0.2, 0) is 6.42 Å². The first-order valence-electron chi connectivity index (χ1n) is 7.42. The van der Waals surface area contributed by atoms with Crippen LogP contribution in [0.2, 0.25) is 0 Å². The summed E-state index contributed by atoms with van der Waals surface area (Å²) in [5.74, 6) is 0. The molecule has 4 nitrogen and oxygen atoms in total. The van der Waals surface area contributed by atoms with E-state index in [2.05, 4.69) is 20.9 Å². The van der Waals surface area contributed by atoms with Crippen molar-refractivity contribution in [2.24, 2.45) is 5.73 Å². The molecule has 4 heteroatoms. The Bertz CT molecular complexity index is 341. The molecule has 0 bridgehead atoms. The van der Waals surface area contributed by atoms with Gasteiger partial charge in [-0.1, -0.05) is 6.07 Å². The summed E-state index contributed by atoms with van der Waals surface area (Å²) in [5.41, 5.74) is 6.92. The lowest BCUT2D eigenvalue weighted by atomic mass is 10.2. The normalized spacial score (nSPS) is 18.4. The molecule has 106 valence electrons. The zero-order valence-corrected chi connectivity index (χ0v) is 11.8. The van der Waals surface area contributed by atoms with Gasteiger partial charge in [0.15, 0.2) is 0 Å². The topological polar surface area (TPSA) is 45.4 Å². The van der Waals surface area contributed by atoms with Gasteiger partial charge in [0, 0.05) is 32.0 Å². The largest absolute Gasteiger partial charge is 0.330 e. The fourth-order valence-electron chi connectivity index (χ4n) is 2.62. The van der Waals surface area contributed by atoms with Crippen LogP contribution in [0, 0.1) is 0 Å². The molecule has 0 radical (unpaired) electrons. The molecule has 0 saturated carbocycles. The van der Waals surface area contributed by atoms with Crippen LogP contribution in [0.1, 0.15) is 18.4 Å². The summed E-state index contributed by atoms with van der Waals surface area (Å²) in [6, 6.07) is 4.19. The Kier molecular flexibility index (Phi) is 6.27. The highest BCUT2D eigenvalue weighted by Gasteiger charge is 2.13. The van der Waals surface area contributed by atoms with E-state index in [1.165, 1.54) is 38.2 Å². The predicted molar refractivity (Wildman–Crippen MR) is 79.1 cm³/mol. The highest BCUT2D eigenvalue weighted by molar-refractivity contribution is 5.08. The molecule has 0 unspecified atom stereocenters. The number of rotatable bonds is 6. The van der Waals surface area contributed by atoms with Gasteiger partial charge in [-0.15, -0.1) is 0 Å². The Labute approximate surface area is 116 Å². The average Bonchev–Trinajstić information content (AvgIpc) is 2.69. The summed E-state index contributed by atoms with van der Waals surface area (Å²) < 4.78 is 0. The first-order valence-corrected chi connectivity index (χ1v) is 7.42. The van der Waals surface area contributed by atoms with Crippen LogP contribution in [0.3, 0.4) is 0 Å². The molecule has 19 heavy (non-hydrogen) atoms. The summed E-state index contributed by atoms with van der Waals surface area (Å²) in [5, 5.41) is 0. The molecule has 1 aliphatic heterocycles. The summed E-state index contributed by atoms with van der Waals surface area (Å²) in [7, 11) is 0. The maximum absolute atomic E-state index is 5.58. The van der Waals surface area contributed by atoms with Crippen molar-refractivity contribution in [3.63, 3.8) is 0 Å². The SMILES string of the molecule is NCCCN1CCCN(CCc2cccnc2)CC1. The third-order valence-corrected chi connectivity index (χ3v) is 3.80. The van der Waals surface area contributed by atoms with E-state index in [9.17, 15) is 0 Å². The van der Waals surface area contributed by atoms with Gasteiger partial charge in [-0.2, -0.15) is 0 Å². The maximum atomic E-state index is 5.58. The predicted octanol–water partition coefficient (Wildman–Crippen LogP) is 0.981. The standard InChI is InChI=1S/C15H26N4/c16-6-2-8-18-9-3-10-19(13-12-18)11-5-15-4-1-7-17-14-15/h1,4,7,14H,2-3,5-6,8-13,16H2. The van der Waals surface area contributed by atoms with Crippen molar-refractivity contribution in [3.8, 4) is 0 Å². The Morgan fingerprint density at radius 1 is 1.11 bits per heavy atom. The molecule has 0 aliphatic carbocycles. The second-order valence-electron chi connectivity index (χ2n) is 5.29. The molecule has 1 aromatic rings. The second-order valence-corrected chi connectivity index (χ2v) is 5.29. The van der Waals surface area contributed by atoms with E-state index in [1.54, 1.807) is 0 Å². The minimum atomic E-state index is 0.807. The van der Waals surface area contributed by atoms with Crippen LogP contribution >= 0.6 is 0 Å². The van der Waals surface area contributed by atoms with Crippen LogP contribution < -0.4 is 5.73 Å². The van der Waals surface area contributed by atoms with Gasteiger partial charge in [0.2, 0.25) is 0 Å². The average molecular weight is 262 g/mol. The van der Waals surface area contributed by atoms with E-state index >= 15 is 0 Å². The van der Waals surface area contributed by atoms with Gasteiger partial charge in [-0.25, -0.2) is 0 Å². The maximum Gasteiger partial charge on any atom is 0.0300 e. The minimum absolute atomic E-state index is 0.807. The summed E-state index contributed by atoms with van der Waals surface area (Å²) in [6.45, 7) is 7.94. The second kappa shape index (κ2) is 8.25. The van der Waals surface area contributed by atoms with Gasteiger partial charge in [-0.3, -0.25) is 4.98 Å². The molecule has 0 spiro atoms. The molecular weight excluding hydrogens is 236 g/mol. The lowest BCUT2D eigenvalue weighted by molar-refractivity contribution is 0.257. The first kappa shape index (κ1) is 14.4. The van der Waals surface area contributed by atoms with Crippen molar-refractivity contribution in [3.05, 3.63) is 30.1 Å². The molecule has 1 saturated heterocycles. The summed E-state index contributed by atoms with van der Waals surface area (Å²) >= 11 is 0. The third-order valence-electron chi connectivity index (χ3n) is 3.80. The van der Waals surface area contributed by atoms with Crippen molar-refractivity contribution in [2.45, 2.75) is 19.3 Å². The smallest absolute Gasteiger partial charge is 0.0300 e. The molecule has 2 N–H and O–H groups in total. The zero-order valence-electron chi connectivity index (χ0n) is 11.8. The fourth-order valence-corrected chi connectivity index (χ4v) is 2.62. The van der Waals surface area contributed by atoms with Crippen LogP contribution in [0.5, 0.6) is 0 Å². The molecule has 1 aromatic heterocycles. The third kappa shape index (κ3) is 5.27. The van der Waals surface area contributed by atoms with Crippen LogP contribution in [0.15, 0.2) is 24.5 Å². The zero-order chi connectivity index (χ0) is 13.3. The highest BCUT2D eigenvalue weighted by Crippen LogP contribution is 2.05. The number of nitrogens with zero attached hydrogens (tertiary/aromatic N) is 3. The van der Waals surface area contributed by atoms with Crippen molar-refractivity contribution in [1.82, 2.24) is 14.8 Å². The summed E-state index contributed by atoms with van der Waals surface area (Å²) in [4.78, 5) is 9.31. The van der Waals surface area contributed by atoms with E-state index in [1.807, 2.05) is 18.5 Å². The summed E-state index contributed by atoms with van der Waals surface area (Å²) in [6.07, 6.45) is 7.32. The number of hydrogen-bond acceptors (Lipinski definition) is 4. The van der Waals surface area contributed by atoms with Crippen molar-refractivity contribution < 1.29 is 0 Å². The van der Waals surface area contributed by atoms with Crippen LogP contribution in [0.4, 0.5) is 0 Å². The quantitative estimate of drug-likeness (QED) is 0.830. The lowest BCUT2D eigenvalue weighted by Crippen LogP contribution is -2.33. The van der Waals surface area contributed by atoms with E-state index in [0.29, 0.717) is 0 Å². The molecule has 0 amide bonds. The molecule has 2 rings (SSSR count). The van der Waals surface area contributed by atoms with Gasteiger partial charge in [0.05, 0.1) is 0 Å². The minimum Gasteiger partial charge on any atom is -0.330 e. The number of aromatic nitrogens is 1. The molecule has 2 heterocycles. The van der Waals surface area contributed by atoms with Gasteiger partial charge in [0.1, 0.15) is 0 Å². The molecule has 1 aliphatic rings. The number of nitrogens with two attached hydrogens (primary N) is 1. The van der Waals surface area contributed by atoms with Gasteiger partial charge in [0.25, 0.3) is 0 Å². The monoisotopic (exact) mass is 262 g/mol. The van der Waals surface area contributed by atoms with E-state index in [0.717, 1.165) is 32.5 Å². The van der Waals surface area contributed by atoms with Gasteiger partial charge >= 0.3 is 0 Å². The Morgan fingerprint density at radius 2 is 1.89 bits per heavy atom. The van der Waals surface area contributed by atoms with E-state index in [4.69, 9.17) is 5.73 Å². The van der Waals surface area contributed by atoms with Gasteiger partial charge in [-0.05, 0) is 57.1 Å². The van der Waals surface area contributed by atoms with Crippen molar-refractivity contribution in [1.29, 1.82) is 0 Å². The van der Waals surface area contributed by atoms with Crippen LogP contribution in [-0.4, -0.2) is 60.6 Å². The fraction of sp³-hybridized carbons (Fsp3) is 0.667. The lowest BCUT2D eigenvalue weighted by Gasteiger charge is -2.21. The van der Waals surface area contributed by atoms with E-state index < -0.39 is 0 Å². The van der Waals surface area contributed by atoms with Gasteiger partial charge < -0.3 is 15.5 Å². The van der Waals surface area contributed by atoms with E-state index in [-0.39, 0.29) is 0 Å². The highest BCUT2D eigenvalue weighted by atomic mass is 15.2. The van der Waals surface area contributed by atoms with Crippen molar-refractivity contribution in [2.75, 3.05) is 45.8 Å². The number of pyridine rings is 1. The first-order chi connectivity index (χ1) is 9.38. The Hall–Kier alpha value is -0.970. The molecule has 1 fully saturated rings. The van der Waals surface area contributed by atoms with Crippen LogP contribution in [0.25, 0.3) is 0 Å². The molecular formula is C15H26N4.